The SMILES string of the molecule is CC1(C)O[C@H]2O[C@H]([C@@H](O)[C@@H](CO)N=[N+]=[N-])[C@H](OCc3ccccc3)[C@H]2O1. The molecule has 1 aromatic rings. The van der Waals surface area contributed by atoms with E-state index in [0.717, 1.165) is 5.56 Å². The zero-order valence-corrected chi connectivity index (χ0v) is 14.6. The number of hydrogen-bond acceptors (Lipinski definition) is 7. The minimum absolute atomic E-state index is 0.288. The van der Waals surface area contributed by atoms with Gasteiger partial charge in [0.25, 0.3) is 0 Å². The van der Waals surface area contributed by atoms with Crippen molar-refractivity contribution >= 4 is 0 Å². The van der Waals surface area contributed by atoms with Gasteiger partial charge in [0.05, 0.1) is 25.4 Å². The van der Waals surface area contributed by atoms with Gasteiger partial charge in [0, 0.05) is 4.91 Å². The van der Waals surface area contributed by atoms with E-state index in [1.54, 1.807) is 13.8 Å². The monoisotopic (exact) mass is 365 g/mol. The van der Waals surface area contributed by atoms with E-state index >= 15 is 0 Å². The van der Waals surface area contributed by atoms with Crippen LogP contribution in [0.25, 0.3) is 10.4 Å². The molecule has 26 heavy (non-hydrogen) atoms. The second-order valence-corrected chi connectivity index (χ2v) is 6.78. The highest BCUT2D eigenvalue weighted by atomic mass is 16.8. The Kier molecular flexibility index (Phi) is 5.79. The van der Waals surface area contributed by atoms with Crippen molar-refractivity contribution in [3.8, 4) is 0 Å². The van der Waals surface area contributed by atoms with Crippen LogP contribution in [0.2, 0.25) is 0 Å². The van der Waals surface area contributed by atoms with E-state index in [0.29, 0.717) is 0 Å². The topological polar surface area (TPSA) is 126 Å². The van der Waals surface area contributed by atoms with E-state index < -0.39 is 49.1 Å². The van der Waals surface area contributed by atoms with Crippen LogP contribution in [-0.4, -0.2) is 59.4 Å². The van der Waals surface area contributed by atoms with Crippen molar-refractivity contribution in [3.05, 3.63) is 46.3 Å². The van der Waals surface area contributed by atoms with Gasteiger partial charge in [0.1, 0.15) is 18.3 Å². The van der Waals surface area contributed by atoms with Crippen LogP contribution < -0.4 is 0 Å². The van der Waals surface area contributed by atoms with Crippen molar-refractivity contribution < 1.29 is 29.2 Å². The number of rotatable bonds is 7. The van der Waals surface area contributed by atoms with Gasteiger partial charge >= 0.3 is 0 Å². The molecule has 2 fully saturated rings. The van der Waals surface area contributed by atoms with Crippen molar-refractivity contribution in [1.29, 1.82) is 0 Å². The van der Waals surface area contributed by atoms with Crippen LogP contribution in [0.3, 0.4) is 0 Å². The molecule has 0 aromatic heterocycles. The Morgan fingerprint density at radius 2 is 2.04 bits per heavy atom. The van der Waals surface area contributed by atoms with Crippen LogP contribution in [0.15, 0.2) is 35.4 Å². The fourth-order valence-corrected chi connectivity index (χ4v) is 3.23. The zero-order chi connectivity index (χ0) is 18.7. The van der Waals surface area contributed by atoms with Gasteiger partial charge < -0.3 is 29.2 Å². The Bertz CT molecular complexity index is 651. The Hall–Kier alpha value is -1.71. The molecular formula is C17H23N3O6. The predicted molar refractivity (Wildman–Crippen MR) is 89.7 cm³/mol. The van der Waals surface area contributed by atoms with Gasteiger partial charge in [-0.05, 0) is 24.9 Å². The lowest BCUT2D eigenvalue weighted by Gasteiger charge is -2.30. The second-order valence-electron chi connectivity index (χ2n) is 6.78. The maximum atomic E-state index is 10.6. The Balaban J connectivity index is 1.77. The average molecular weight is 365 g/mol. The van der Waals surface area contributed by atoms with Gasteiger partial charge in [-0.25, -0.2) is 0 Å². The molecule has 0 unspecified atom stereocenters. The summed E-state index contributed by atoms with van der Waals surface area (Å²) in [6.45, 7) is 3.31. The molecule has 9 nitrogen and oxygen atoms in total. The van der Waals surface area contributed by atoms with Crippen molar-refractivity contribution in [2.24, 2.45) is 5.11 Å². The van der Waals surface area contributed by atoms with Gasteiger partial charge in [-0.1, -0.05) is 35.4 Å². The number of azide groups is 1. The van der Waals surface area contributed by atoms with E-state index in [1.165, 1.54) is 0 Å². The van der Waals surface area contributed by atoms with Gasteiger partial charge in [-0.15, -0.1) is 0 Å². The summed E-state index contributed by atoms with van der Waals surface area (Å²) in [4.78, 5) is 2.66. The molecule has 0 spiro atoms. The van der Waals surface area contributed by atoms with Crippen molar-refractivity contribution in [1.82, 2.24) is 0 Å². The zero-order valence-electron chi connectivity index (χ0n) is 14.6. The fraction of sp³-hybridized carbons (Fsp3) is 0.647. The Labute approximate surface area is 151 Å². The third-order valence-electron chi connectivity index (χ3n) is 4.43. The molecule has 6 atom stereocenters. The van der Waals surface area contributed by atoms with Crippen LogP contribution in [0.4, 0.5) is 0 Å². The molecular weight excluding hydrogens is 342 g/mol. The lowest BCUT2D eigenvalue weighted by molar-refractivity contribution is -0.232. The van der Waals surface area contributed by atoms with E-state index in [4.69, 9.17) is 24.5 Å². The first-order valence-corrected chi connectivity index (χ1v) is 8.45. The van der Waals surface area contributed by atoms with Crippen molar-refractivity contribution in [2.75, 3.05) is 6.61 Å². The van der Waals surface area contributed by atoms with Gasteiger partial charge in [0.2, 0.25) is 0 Å². The summed E-state index contributed by atoms with van der Waals surface area (Å²) in [7, 11) is 0. The molecule has 1 aromatic carbocycles. The first-order valence-electron chi connectivity index (χ1n) is 8.45. The molecule has 2 N–H and O–H groups in total. The lowest BCUT2D eigenvalue weighted by atomic mass is 10.0. The quantitative estimate of drug-likeness (QED) is 0.428. The molecule has 0 radical (unpaired) electrons. The van der Waals surface area contributed by atoms with Gasteiger partial charge in [-0.2, -0.15) is 0 Å². The molecule has 2 aliphatic heterocycles. The number of ether oxygens (including phenoxy) is 4. The first-order chi connectivity index (χ1) is 12.4. The smallest absolute Gasteiger partial charge is 0.190 e. The van der Waals surface area contributed by atoms with Crippen molar-refractivity contribution in [2.45, 2.75) is 63.0 Å². The summed E-state index contributed by atoms with van der Waals surface area (Å²) >= 11 is 0. The molecule has 0 aliphatic carbocycles. The number of aliphatic hydroxyl groups excluding tert-OH is 2. The molecule has 2 saturated heterocycles. The molecule has 0 amide bonds. The normalized spacial score (nSPS) is 31.8. The van der Waals surface area contributed by atoms with Gasteiger partial charge in [-0.3, -0.25) is 0 Å². The maximum absolute atomic E-state index is 10.6. The van der Waals surface area contributed by atoms with Gasteiger partial charge in [0.15, 0.2) is 12.1 Å². The maximum Gasteiger partial charge on any atom is 0.190 e. The van der Waals surface area contributed by atoms with Crippen LogP contribution in [-0.2, 0) is 25.6 Å². The summed E-state index contributed by atoms with van der Waals surface area (Å²) in [6.07, 6.45) is -4.04. The molecule has 3 rings (SSSR count). The minimum atomic E-state index is -1.27. The molecule has 2 aliphatic rings. The van der Waals surface area contributed by atoms with Crippen LogP contribution in [0.5, 0.6) is 0 Å². The number of fused-ring (bicyclic) bond motifs is 1. The first kappa shape index (κ1) is 19.1. The third-order valence-corrected chi connectivity index (χ3v) is 4.43. The standard InChI is InChI=1S/C17H23N3O6/c1-17(2)25-15-14(23-9-10-6-4-3-5-7-10)13(24-16(15)26-17)12(22)11(8-21)19-20-18/h3-7,11-16,21-22H,8-9H2,1-2H3/t11-,12+,13-,14+,15-,16-/m1/s1. The third kappa shape index (κ3) is 3.99. The predicted octanol–water partition coefficient (Wildman–Crippen LogP) is 1.48. The lowest BCUT2D eigenvalue weighted by Crippen LogP contribution is -2.47. The highest BCUT2D eigenvalue weighted by molar-refractivity contribution is 5.13. The molecule has 0 bridgehead atoms. The summed E-state index contributed by atoms with van der Waals surface area (Å²) in [5.41, 5.74) is 9.58. The van der Waals surface area contributed by atoms with Crippen LogP contribution in [0.1, 0.15) is 19.4 Å². The van der Waals surface area contributed by atoms with E-state index in [-0.39, 0.29) is 6.61 Å². The summed E-state index contributed by atoms with van der Waals surface area (Å²) < 4.78 is 23.4. The number of nitrogens with zero attached hydrogens (tertiary/aromatic N) is 3. The van der Waals surface area contributed by atoms with Crippen LogP contribution in [0, 0.1) is 0 Å². The largest absolute Gasteiger partial charge is 0.396 e. The second kappa shape index (κ2) is 7.89. The highest BCUT2D eigenvalue weighted by Crippen LogP contribution is 2.40. The summed E-state index contributed by atoms with van der Waals surface area (Å²) in [6, 6.07) is 8.50. The van der Waals surface area contributed by atoms with Crippen molar-refractivity contribution in [3.63, 3.8) is 0 Å². The highest BCUT2D eigenvalue weighted by Gasteiger charge is 2.57. The Morgan fingerprint density at radius 1 is 1.31 bits per heavy atom. The number of hydrogen-bond donors (Lipinski definition) is 2. The fourth-order valence-electron chi connectivity index (χ4n) is 3.23. The molecule has 2 heterocycles. The molecule has 142 valence electrons. The minimum Gasteiger partial charge on any atom is -0.396 e. The summed E-state index contributed by atoms with van der Waals surface area (Å²) in [5.74, 6) is -0.833. The average Bonchev–Trinajstić information content (AvgIpc) is 3.10. The Morgan fingerprint density at radius 3 is 2.69 bits per heavy atom. The summed E-state index contributed by atoms with van der Waals surface area (Å²) in [5, 5.41) is 23.4. The molecule has 0 saturated carbocycles. The van der Waals surface area contributed by atoms with E-state index in [2.05, 4.69) is 10.0 Å². The molecule has 9 heteroatoms. The number of benzene rings is 1. The number of aliphatic hydroxyl groups is 2. The van der Waals surface area contributed by atoms with E-state index in [9.17, 15) is 10.2 Å². The van der Waals surface area contributed by atoms with Crippen LogP contribution >= 0.6 is 0 Å². The van der Waals surface area contributed by atoms with E-state index in [1.807, 2.05) is 30.3 Å².